The van der Waals surface area contributed by atoms with Crippen LogP contribution in [0.5, 0.6) is 5.75 Å². The van der Waals surface area contributed by atoms with Crippen LogP contribution in [0.1, 0.15) is 85.0 Å². The van der Waals surface area contributed by atoms with Crippen molar-refractivity contribution >= 4 is 36.2 Å². The second-order valence-electron chi connectivity index (χ2n) is 17.0. The van der Waals surface area contributed by atoms with Crippen LogP contribution in [0, 0.1) is 11.6 Å². The molecule has 10 nitrogen and oxygen atoms in total. The summed E-state index contributed by atoms with van der Waals surface area (Å²) >= 11 is 0. The summed E-state index contributed by atoms with van der Waals surface area (Å²) in [5, 5.41) is 9.32. The number of benzene rings is 4. The number of nitrogens with one attached hydrogen (secondary N) is 1. The zero-order valence-corrected chi connectivity index (χ0v) is 35.1. The van der Waals surface area contributed by atoms with Crippen LogP contribution < -0.4 is 25.9 Å². The van der Waals surface area contributed by atoms with Gasteiger partial charge in [-0.15, -0.1) is 0 Å². The van der Waals surface area contributed by atoms with Crippen molar-refractivity contribution in [2.24, 2.45) is 5.16 Å². The summed E-state index contributed by atoms with van der Waals surface area (Å²) < 4.78 is 43.4. The maximum Gasteiger partial charge on any atom is 0.274 e. The third-order valence-corrected chi connectivity index (χ3v) is 17.1. The van der Waals surface area contributed by atoms with E-state index in [9.17, 15) is 23.2 Å². The molecule has 5 aromatic rings. The zero-order chi connectivity index (χ0) is 42.2. The topological polar surface area (TPSA) is 111 Å². The number of amides is 2. The fraction of sp³-hybridized carbons (Fsp3) is 0.319. The van der Waals surface area contributed by atoms with Crippen LogP contribution in [0.25, 0.3) is 0 Å². The number of fused-ring (bicyclic) bond motifs is 5. The number of pyridine rings is 1. The first-order valence-corrected chi connectivity index (χ1v) is 22.2. The molecule has 3 atom stereocenters. The summed E-state index contributed by atoms with van der Waals surface area (Å²) in [7, 11) is -2.93. The minimum Gasteiger partial charge on any atom is -0.483 e. The Kier molecular flexibility index (Phi) is 11.1. The first-order valence-electron chi connectivity index (χ1n) is 20.3. The third-order valence-electron chi connectivity index (χ3n) is 12.1. The van der Waals surface area contributed by atoms with Crippen LogP contribution in [0.2, 0.25) is 5.04 Å². The van der Waals surface area contributed by atoms with E-state index >= 15 is 0 Å². The minimum atomic E-state index is -2.93. The molecule has 60 heavy (non-hydrogen) atoms. The second kappa shape index (κ2) is 16.3. The number of carbonyl (C=O) groups is 2. The summed E-state index contributed by atoms with van der Waals surface area (Å²) in [5.41, 5.74) is -0.541. The Morgan fingerprint density at radius 2 is 1.58 bits per heavy atom. The van der Waals surface area contributed by atoms with Crippen molar-refractivity contribution < 1.29 is 32.4 Å². The van der Waals surface area contributed by atoms with Crippen molar-refractivity contribution in [1.29, 1.82) is 0 Å². The molecule has 8 rings (SSSR count). The lowest BCUT2D eigenvalue weighted by atomic mass is 9.84. The highest BCUT2D eigenvalue weighted by Gasteiger charge is 2.56. The number of aromatic nitrogens is 1. The molecule has 0 aliphatic carbocycles. The molecule has 1 N–H and O–H groups in total. The van der Waals surface area contributed by atoms with Crippen molar-refractivity contribution in [2.45, 2.75) is 82.8 Å². The van der Waals surface area contributed by atoms with Gasteiger partial charge in [-0.3, -0.25) is 14.4 Å². The van der Waals surface area contributed by atoms with E-state index in [-0.39, 0.29) is 60.0 Å². The van der Waals surface area contributed by atoms with Crippen LogP contribution in [-0.4, -0.2) is 60.1 Å². The van der Waals surface area contributed by atoms with E-state index in [1.165, 1.54) is 12.3 Å². The molecule has 1 saturated heterocycles. The standard InChI is InChI=1S/C47H48F2N4O6Si/c1-31-22-23-47(25-35(51-59-47)30-58-60(46(2,3)4,36-16-10-6-11-17-36)37-18-12-7-13-19-37)40-28-52(31)45(56)41-43(57-29-32-14-8-5-9-15-32)42(54)38(27-53(40)41)44(55)50-26-33-20-21-34(48)24-39(33)49/h5-21,24,27,31,40H,22-23,25-26,28-30H2,1-4H3,(H,50,55)/t31-,40+,47-/m0/s1. The van der Waals surface area contributed by atoms with Gasteiger partial charge in [0, 0.05) is 43.4 Å². The van der Waals surface area contributed by atoms with Gasteiger partial charge in [0.1, 0.15) is 23.8 Å². The average Bonchev–Trinajstić information content (AvgIpc) is 3.61. The van der Waals surface area contributed by atoms with Crippen molar-refractivity contribution in [1.82, 2.24) is 14.8 Å². The Balaban J connectivity index is 1.17. The average molecular weight is 831 g/mol. The predicted molar refractivity (Wildman–Crippen MR) is 227 cm³/mol. The Labute approximate surface area is 348 Å². The molecule has 2 bridgehead atoms. The van der Waals surface area contributed by atoms with Crippen LogP contribution in [0.15, 0.2) is 125 Å². The van der Waals surface area contributed by atoms with E-state index in [0.717, 1.165) is 28.1 Å². The van der Waals surface area contributed by atoms with Gasteiger partial charge in [-0.05, 0) is 46.8 Å². The normalized spacial score (nSPS) is 19.9. The molecular weight excluding hydrogens is 783 g/mol. The van der Waals surface area contributed by atoms with Crippen LogP contribution in [0.4, 0.5) is 8.78 Å². The number of nitrogens with zero attached hydrogens (tertiary/aromatic N) is 3. The Bertz CT molecular complexity index is 2460. The molecule has 3 aliphatic heterocycles. The van der Waals surface area contributed by atoms with Gasteiger partial charge in [-0.2, -0.15) is 0 Å². The highest BCUT2D eigenvalue weighted by atomic mass is 28.4. The molecule has 3 aliphatic rings. The van der Waals surface area contributed by atoms with Crippen molar-refractivity contribution in [2.75, 3.05) is 13.2 Å². The molecule has 1 fully saturated rings. The molecule has 4 aromatic carbocycles. The number of hydrogen-bond donors (Lipinski definition) is 1. The van der Waals surface area contributed by atoms with E-state index in [1.54, 1.807) is 9.47 Å². The summed E-state index contributed by atoms with van der Waals surface area (Å²) in [6.07, 6.45) is 2.88. The summed E-state index contributed by atoms with van der Waals surface area (Å²) in [6.45, 7) is 8.70. The lowest BCUT2D eigenvalue weighted by molar-refractivity contribution is -0.0656. The fourth-order valence-corrected chi connectivity index (χ4v) is 13.5. The van der Waals surface area contributed by atoms with Crippen molar-refractivity contribution in [3.05, 3.63) is 160 Å². The molecule has 0 saturated carbocycles. The van der Waals surface area contributed by atoms with Gasteiger partial charge >= 0.3 is 0 Å². The van der Waals surface area contributed by atoms with Crippen LogP contribution in [-0.2, 0) is 22.4 Å². The molecule has 1 spiro atoms. The van der Waals surface area contributed by atoms with Gasteiger partial charge in [0.25, 0.3) is 20.1 Å². The monoisotopic (exact) mass is 830 g/mol. The number of rotatable bonds is 11. The molecule has 1 aromatic heterocycles. The van der Waals surface area contributed by atoms with Crippen molar-refractivity contribution in [3.63, 3.8) is 0 Å². The molecule has 0 unspecified atom stereocenters. The Morgan fingerprint density at radius 3 is 2.22 bits per heavy atom. The van der Waals surface area contributed by atoms with Gasteiger partial charge in [0.2, 0.25) is 5.43 Å². The molecule has 0 radical (unpaired) electrons. The van der Waals surface area contributed by atoms with Crippen LogP contribution >= 0.6 is 0 Å². The van der Waals surface area contributed by atoms with E-state index < -0.39 is 48.8 Å². The predicted octanol–water partition coefficient (Wildman–Crippen LogP) is 6.91. The molecule has 2 amide bonds. The second-order valence-corrected chi connectivity index (χ2v) is 21.3. The van der Waals surface area contributed by atoms with E-state index in [0.29, 0.717) is 25.0 Å². The molecule has 310 valence electrons. The third kappa shape index (κ3) is 7.45. The number of hydrogen-bond acceptors (Lipinski definition) is 7. The smallest absolute Gasteiger partial charge is 0.274 e. The first-order chi connectivity index (χ1) is 28.8. The quantitative estimate of drug-likeness (QED) is 0.145. The summed E-state index contributed by atoms with van der Waals surface area (Å²) in [4.78, 5) is 51.1. The fourth-order valence-electron chi connectivity index (χ4n) is 9.00. The number of oxime groups is 1. The van der Waals surface area contributed by atoms with Gasteiger partial charge < -0.3 is 28.8 Å². The van der Waals surface area contributed by atoms with E-state index in [2.05, 4.69) is 50.4 Å². The Morgan fingerprint density at radius 1 is 0.933 bits per heavy atom. The molecule has 4 heterocycles. The lowest BCUT2D eigenvalue weighted by Gasteiger charge is -2.43. The highest BCUT2D eigenvalue weighted by Crippen LogP contribution is 2.47. The summed E-state index contributed by atoms with van der Waals surface area (Å²) in [6, 6.07) is 32.2. The minimum absolute atomic E-state index is 0.0158. The lowest BCUT2D eigenvalue weighted by Crippen LogP contribution is -2.67. The largest absolute Gasteiger partial charge is 0.483 e. The summed E-state index contributed by atoms with van der Waals surface area (Å²) in [5.74, 6) is -3.06. The maximum atomic E-state index is 14.6. The van der Waals surface area contributed by atoms with Crippen molar-refractivity contribution in [3.8, 4) is 5.75 Å². The van der Waals surface area contributed by atoms with E-state index in [1.807, 2.05) is 73.7 Å². The number of ether oxygens (including phenoxy) is 1. The first kappa shape index (κ1) is 40.8. The number of halogens is 2. The van der Waals surface area contributed by atoms with Crippen LogP contribution in [0.3, 0.4) is 0 Å². The molecular formula is C47H48F2N4O6Si. The van der Waals surface area contributed by atoms with E-state index in [4.69, 9.17) is 19.2 Å². The maximum absolute atomic E-state index is 14.6. The highest BCUT2D eigenvalue weighted by molar-refractivity contribution is 6.99. The van der Waals surface area contributed by atoms with Gasteiger partial charge in [-0.25, -0.2) is 8.78 Å². The Hall–Kier alpha value is -5.92. The zero-order valence-electron chi connectivity index (χ0n) is 34.1. The SMILES string of the molecule is C[C@H]1CC[C@]2(CC(CO[Si](c3ccccc3)(c3ccccc3)C(C)(C)C)=NO2)[C@H]2CN1C(=O)c1c(OCc3ccccc3)c(=O)c(C(=O)NCc3ccc(F)cc3F)cn12. The van der Waals surface area contributed by atoms with Gasteiger partial charge in [-0.1, -0.05) is 123 Å². The van der Waals surface area contributed by atoms with Gasteiger partial charge in [0.05, 0.1) is 18.4 Å². The molecule has 13 heteroatoms. The number of carbonyl (C=O) groups excluding carboxylic acids is 2. The van der Waals surface area contributed by atoms with Gasteiger partial charge in [0.15, 0.2) is 17.0 Å².